The normalized spacial score (nSPS) is 10.6. The lowest BCUT2D eigenvalue weighted by molar-refractivity contribution is 0.866. The third-order valence-corrected chi connectivity index (χ3v) is 2.58. The van der Waals surface area contributed by atoms with Crippen LogP contribution in [0.25, 0.3) is 5.52 Å². The Labute approximate surface area is 95.1 Å². The van der Waals surface area contributed by atoms with E-state index in [4.69, 9.17) is 11.6 Å². The average Bonchev–Trinajstić information content (AvgIpc) is 2.49. The van der Waals surface area contributed by atoms with Crippen molar-refractivity contribution in [3.8, 4) is 0 Å². The van der Waals surface area contributed by atoms with Crippen LogP contribution in [0.4, 0.5) is 0 Å². The number of halogens is 2. The molecule has 0 spiro atoms. The maximum Gasteiger partial charge on any atom is 0.113 e. The molecule has 3 heteroatoms. The van der Waals surface area contributed by atoms with Gasteiger partial charge in [-0.1, -0.05) is 31.5 Å². The fraction of sp³-hybridized carbons (Fsp3) is 0.273. The third-order valence-electron chi connectivity index (χ3n) is 2.27. The zero-order valence-corrected chi connectivity index (χ0v) is 9.77. The van der Waals surface area contributed by atoms with Gasteiger partial charge in [-0.15, -0.1) is 12.4 Å². The highest BCUT2D eigenvalue weighted by atomic mass is 35.5. The molecule has 2 rings (SSSR count). The minimum Gasteiger partial charge on any atom is -0.307 e. The Morgan fingerprint density at radius 1 is 1.29 bits per heavy atom. The van der Waals surface area contributed by atoms with Gasteiger partial charge in [0.05, 0.1) is 0 Å². The Morgan fingerprint density at radius 2 is 2.00 bits per heavy atom. The number of fused-ring (bicyclic) bond motifs is 1. The van der Waals surface area contributed by atoms with Crippen LogP contribution >= 0.6 is 24.0 Å². The van der Waals surface area contributed by atoms with Crippen molar-refractivity contribution in [3.05, 3.63) is 41.2 Å². The number of aromatic nitrogens is 1. The van der Waals surface area contributed by atoms with Crippen LogP contribution in [-0.4, -0.2) is 4.40 Å². The minimum absolute atomic E-state index is 0. The van der Waals surface area contributed by atoms with Crippen molar-refractivity contribution >= 4 is 29.5 Å². The molecule has 0 radical (unpaired) electrons. The van der Waals surface area contributed by atoms with Crippen molar-refractivity contribution in [1.82, 2.24) is 4.40 Å². The number of nitrogens with zero attached hydrogens (tertiary/aromatic N) is 1. The van der Waals surface area contributed by atoms with Gasteiger partial charge in [0.25, 0.3) is 0 Å². The van der Waals surface area contributed by atoms with Crippen LogP contribution in [0.2, 0.25) is 5.15 Å². The van der Waals surface area contributed by atoms with Gasteiger partial charge in [0, 0.05) is 11.7 Å². The molecule has 0 aliphatic heterocycles. The van der Waals surface area contributed by atoms with Crippen molar-refractivity contribution in [2.75, 3.05) is 0 Å². The number of rotatable bonds is 1. The van der Waals surface area contributed by atoms with E-state index in [1.807, 2.05) is 16.5 Å². The second kappa shape index (κ2) is 4.24. The summed E-state index contributed by atoms with van der Waals surface area (Å²) in [5, 5.41) is 0.768. The predicted molar refractivity (Wildman–Crippen MR) is 63.7 cm³/mol. The maximum absolute atomic E-state index is 6.04. The molecule has 0 amide bonds. The molecule has 0 bridgehead atoms. The van der Waals surface area contributed by atoms with E-state index in [0.717, 1.165) is 10.7 Å². The maximum atomic E-state index is 6.04. The highest BCUT2D eigenvalue weighted by molar-refractivity contribution is 6.29. The highest BCUT2D eigenvalue weighted by Crippen LogP contribution is 2.21. The van der Waals surface area contributed by atoms with Gasteiger partial charge in [0.15, 0.2) is 0 Å². The van der Waals surface area contributed by atoms with Crippen molar-refractivity contribution in [1.29, 1.82) is 0 Å². The molecule has 0 aromatic carbocycles. The molecule has 0 atom stereocenters. The van der Waals surface area contributed by atoms with Crippen molar-refractivity contribution < 1.29 is 0 Å². The SMILES string of the molecule is CC(C)c1cc2cccc(Cl)n2c1.Cl. The van der Waals surface area contributed by atoms with E-state index in [2.05, 4.69) is 32.2 Å². The smallest absolute Gasteiger partial charge is 0.113 e. The van der Waals surface area contributed by atoms with Crippen molar-refractivity contribution in [2.24, 2.45) is 0 Å². The summed E-state index contributed by atoms with van der Waals surface area (Å²) in [6, 6.07) is 8.12. The molecule has 1 nitrogen and oxygen atoms in total. The Balaban J connectivity index is 0.000000980. The molecule has 0 unspecified atom stereocenters. The summed E-state index contributed by atoms with van der Waals surface area (Å²) >= 11 is 6.04. The largest absolute Gasteiger partial charge is 0.307 e. The van der Waals surface area contributed by atoms with Crippen molar-refractivity contribution in [2.45, 2.75) is 19.8 Å². The average molecular weight is 230 g/mol. The second-order valence-corrected chi connectivity index (χ2v) is 3.96. The first-order valence-corrected chi connectivity index (χ1v) is 4.83. The van der Waals surface area contributed by atoms with Crippen LogP contribution in [0.1, 0.15) is 25.3 Å². The van der Waals surface area contributed by atoms with Crippen LogP contribution in [0.5, 0.6) is 0 Å². The first-order valence-electron chi connectivity index (χ1n) is 4.45. The molecule has 2 aromatic rings. The summed E-state index contributed by atoms with van der Waals surface area (Å²) < 4.78 is 2.01. The summed E-state index contributed by atoms with van der Waals surface area (Å²) in [5.74, 6) is 0.552. The molecule has 0 aliphatic carbocycles. The molecule has 0 N–H and O–H groups in total. The molecule has 0 saturated heterocycles. The van der Waals surface area contributed by atoms with Gasteiger partial charge < -0.3 is 4.40 Å². The molecule has 2 heterocycles. The van der Waals surface area contributed by atoms with Crippen molar-refractivity contribution in [3.63, 3.8) is 0 Å². The lowest BCUT2D eigenvalue weighted by Gasteiger charge is -1.97. The minimum atomic E-state index is 0. The Kier molecular flexibility index (Phi) is 3.46. The summed E-state index contributed by atoms with van der Waals surface area (Å²) in [5.41, 5.74) is 2.49. The number of hydrogen-bond donors (Lipinski definition) is 0. The standard InChI is InChI=1S/C11H12ClN.ClH/c1-8(2)9-6-10-4-3-5-11(12)13(10)7-9;/h3-8H,1-2H3;1H. The first kappa shape index (κ1) is 11.4. The molecule has 0 saturated carbocycles. The van der Waals surface area contributed by atoms with E-state index in [9.17, 15) is 0 Å². The summed E-state index contributed by atoms with van der Waals surface area (Å²) in [7, 11) is 0. The molecular weight excluding hydrogens is 217 g/mol. The number of hydrogen-bond acceptors (Lipinski definition) is 0. The Bertz CT molecular complexity index is 432. The van der Waals surface area contributed by atoms with E-state index in [-0.39, 0.29) is 12.4 Å². The molecule has 14 heavy (non-hydrogen) atoms. The fourth-order valence-electron chi connectivity index (χ4n) is 1.44. The first-order chi connectivity index (χ1) is 6.18. The van der Waals surface area contributed by atoms with Crippen LogP contribution in [-0.2, 0) is 0 Å². The molecule has 76 valence electrons. The van der Waals surface area contributed by atoms with E-state index in [1.54, 1.807) is 0 Å². The predicted octanol–water partition coefficient (Wildman–Crippen LogP) is 4.14. The van der Waals surface area contributed by atoms with E-state index < -0.39 is 0 Å². The highest BCUT2D eigenvalue weighted by Gasteiger charge is 2.04. The van der Waals surface area contributed by atoms with E-state index in [1.165, 1.54) is 5.56 Å². The van der Waals surface area contributed by atoms with Crippen LogP contribution in [0, 0.1) is 0 Å². The van der Waals surface area contributed by atoms with Crippen LogP contribution < -0.4 is 0 Å². The molecule has 2 aromatic heterocycles. The molecular formula is C11H13Cl2N. The van der Waals surface area contributed by atoms with Gasteiger partial charge in [-0.3, -0.25) is 0 Å². The second-order valence-electron chi connectivity index (χ2n) is 3.57. The van der Waals surface area contributed by atoms with E-state index >= 15 is 0 Å². The van der Waals surface area contributed by atoms with Gasteiger partial charge >= 0.3 is 0 Å². The van der Waals surface area contributed by atoms with Gasteiger partial charge in [0.1, 0.15) is 5.15 Å². The summed E-state index contributed by atoms with van der Waals surface area (Å²) in [4.78, 5) is 0. The van der Waals surface area contributed by atoms with Gasteiger partial charge in [-0.2, -0.15) is 0 Å². The molecule has 0 aliphatic rings. The monoisotopic (exact) mass is 229 g/mol. The van der Waals surface area contributed by atoms with E-state index in [0.29, 0.717) is 5.92 Å². The van der Waals surface area contributed by atoms with Crippen LogP contribution in [0.15, 0.2) is 30.5 Å². The Hall–Kier alpha value is -0.660. The lowest BCUT2D eigenvalue weighted by Crippen LogP contribution is -1.83. The number of pyridine rings is 1. The zero-order chi connectivity index (χ0) is 9.42. The lowest BCUT2D eigenvalue weighted by atomic mass is 10.1. The fourth-order valence-corrected chi connectivity index (χ4v) is 1.66. The van der Waals surface area contributed by atoms with Crippen LogP contribution in [0.3, 0.4) is 0 Å². The molecule has 0 fully saturated rings. The zero-order valence-electron chi connectivity index (χ0n) is 8.20. The third kappa shape index (κ3) is 1.89. The van der Waals surface area contributed by atoms with Gasteiger partial charge in [0.2, 0.25) is 0 Å². The van der Waals surface area contributed by atoms with Gasteiger partial charge in [-0.25, -0.2) is 0 Å². The topological polar surface area (TPSA) is 4.41 Å². The summed E-state index contributed by atoms with van der Waals surface area (Å²) in [6.45, 7) is 4.37. The quantitative estimate of drug-likeness (QED) is 0.648. The Morgan fingerprint density at radius 3 is 2.57 bits per heavy atom. The van der Waals surface area contributed by atoms with Gasteiger partial charge in [-0.05, 0) is 29.7 Å². The summed E-state index contributed by atoms with van der Waals surface area (Å²) in [6.07, 6.45) is 2.10.